The minimum absolute atomic E-state index is 0.178. The van der Waals surface area contributed by atoms with E-state index in [0.717, 1.165) is 18.8 Å². The summed E-state index contributed by atoms with van der Waals surface area (Å²) >= 11 is 0. The number of hydrogen-bond donors (Lipinski definition) is 1. The SMILES string of the molecule is CC(N)c1nc(C2CCCN2C)no1. The van der Waals surface area contributed by atoms with Crippen molar-refractivity contribution < 1.29 is 4.52 Å². The molecule has 1 aliphatic heterocycles. The number of rotatable bonds is 2. The highest BCUT2D eigenvalue weighted by Crippen LogP contribution is 2.28. The van der Waals surface area contributed by atoms with Gasteiger partial charge in [-0.15, -0.1) is 0 Å². The van der Waals surface area contributed by atoms with E-state index in [4.69, 9.17) is 10.3 Å². The Kier molecular flexibility index (Phi) is 2.52. The summed E-state index contributed by atoms with van der Waals surface area (Å²) in [5.41, 5.74) is 5.65. The van der Waals surface area contributed by atoms with Crippen LogP contribution in [-0.2, 0) is 0 Å². The van der Waals surface area contributed by atoms with Crippen molar-refractivity contribution in [1.82, 2.24) is 15.0 Å². The zero-order chi connectivity index (χ0) is 10.1. The van der Waals surface area contributed by atoms with Crippen LogP contribution in [0.1, 0.15) is 43.6 Å². The van der Waals surface area contributed by atoms with Crippen molar-refractivity contribution in [3.8, 4) is 0 Å². The first-order valence-electron chi connectivity index (χ1n) is 4.98. The molecule has 1 fully saturated rings. The molecule has 2 atom stereocenters. The van der Waals surface area contributed by atoms with Gasteiger partial charge >= 0.3 is 0 Å². The van der Waals surface area contributed by atoms with Gasteiger partial charge in [-0.25, -0.2) is 0 Å². The van der Waals surface area contributed by atoms with Gasteiger partial charge in [0.2, 0.25) is 5.89 Å². The highest BCUT2D eigenvalue weighted by Gasteiger charge is 2.27. The number of aromatic nitrogens is 2. The van der Waals surface area contributed by atoms with Crippen LogP contribution in [0.3, 0.4) is 0 Å². The molecule has 1 aromatic heterocycles. The first-order chi connectivity index (χ1) is 6.68. The minimum Gasteiger partial charge on any atom is -0.338 e. The Bertz CT molecular complexity index is 310. The Hall–Kier alpha value is -0.940. The van der Waals surface area contributed by atoms with Crippen LogP contribution in [0, 0.1) is 0 Å². The monoisotopic (exact) mass is 196 g/mol. The summed E-state index contributed by atoms with van der Waals surface area (Å²) in [4.78, 5) is 6.54. The van der Waals surface area contributed by atoms with Crippen LogP contribution in [0.2, 0.25) is 0 Å². The smallest absolute Gasteiger partial charge is 0.243 e. The van der Waals surface area contributed by atoms with Crippen LogP contribution < -0.4 is 5.73 Å². The summed E-state index contributed by atoms with van der Waals surface area (Å²) < 4.78 is 5.07. The van der Waals surface area contributed by atoms with E-state index in [-0.39, 0.29) is 6.04 Å². The van der Waals surface area contributed by atoms with Gasteiger partial charge in [-0.2, -0.15) is 4.98 Å². The van der Waals surface area contributed by atoms with Crippen LogP contribution in [-0.4, -0.2) is 28.6 Å². The Balaban J connectivity index is 2.16. The van der Waals surface area contributed by atoms with Crippen LogP contribution in [0.25, 0.3) is 0 Å². The Morgan fingerprint density at radius 3 is 2.93 bits per heavy atom. The third kappa shape index (κ3) is 1.65. The second-order valence-electron chi connectivity index (χ2n) is 3.92. The van der Waals surface area contributed by atoms with Crippen LogP contribution in [0.4, 0.5) is 0 Å². The van der Waals surface area contributed by atoms with Gasteiger partial charge in [0.1, 0.15) is 0 Å². The number of nitrogens with zero attached hydrogens (tertiary/aromatic N) is 3. The second kappa shape index (κ2) is 3.67. The Labute approximate surface area is 83.3 Å². The van der Waals surface area contributed by atoms with Crippen LogP contribution in [0.15, 0.2) is 4.52 Å². The van der Waals surface area contributed by atoms with Crippen molar-refractivity contribution in [2.75, 3.05) is 13.6 Å². The third-order valence-corrected chi connectivity index (χ3v) is 2.67. The highest BCUT2D eigenvalue weighted by atomic mass is 16.5. The van der Waals surface area contributed by atoms with Crippen molar-refractivity contribution in [2.24, 2.45) is 5.73 Å². The molecule has 0 saturated carbocycles. The molecule has 1 aromatic rings. The van der Waals surface area contributed by atoms with Gasteiger partial charge in [0.25, 0.3) is 0 Å². The normalized spacial score (nSPS) is 25.5. The molecule has 14 heavy (non-hydrogen) atoms. The maximum atomic E-state index is 5.65. The number of nitrogens with two attached hydrogens (primary N) is 1. The maximum Gasteiger partial charge on any atom is 0.243 e. The summed E-state index contributed by atoms with van der Waals surface area (Å²) in [6, 6.07) is 0.134. The Morgan fingerprint density at radius 2 is 2.43 bits per heavy atom. The van der Waals surface area contributed by atoms with Gasteiger partial charge in [0.05, 0.1) is 12.1 Å². The summed E-state index contributed by atoms with van der Waals surface area (Å²) in [6.45, 7) is 2.95. The van der Waals surface area contributed by atoms with Gasteiger partial charge in [0, 0.05) is 0 Å². The molecule has 2 N–H and O–H groups in total. The third-order valence-electron chi connectivity index (χ3n) is 2.67. The lowest BCUT2D eigenvalue weighted by molar-refractivity contribution is 0.291. The number of hydrogen-bond acceptors (Lipinski definition) is 5. The fourth-order valence-corrected chi connectivity index (χ4v) is 1.80. The maximum absolute atomic E-state index is 5.65. The lowest BCUT2D eigenvalue weighted by Crippen LogP contribution is -2.18. The lowest BCUT2D eigenvalue weighted by Gasteiger charge is -2.14. The molecule has 2 heterocycles. The van der Waals surface area contributed by atoms with Crippen molar-refractivity contribution in [1.29, 1.82) is 0 Å². The topological polar surface area (TPSA) is 68.2 Å². The first kappa shape index (κ1) is 9.61. The van der Waals surface area contributed by atoms with Gasteiger partial charge in [-0.3, -0.25) is 4.90 Å². The van der Waals surface area contributed by atoms with Gasteiger partial charge in [-0.1, -0.05) is 5.16 Å². The molecule has 2 unspecified atom stereocenters. The fraction of sp³-hybridized carbons (Fsp3) is 0.778. The van der Waals surface area contributed by atoms with E-state index >= 15 is 0 Å². The van der Waals surface area contributed by atoms with E-state index in [1.54, 1.807) is 0 Å². The molecule has 2 rings (SSSR count). The zero-order valence-electron chi connectivity index (χ0n) is 8.60. The summed E-state index contributed by atoms with van der Waals surface area (Å²) in [7, 11) is 2.08. The Morgan fingerprint density at radius 1 is 1.64 bits per heavy atom. The quantitative estimate of drug-likeness (QED) is 0.759. The van der Waals surface area contributed by atoms with Crippen molar-refractivity contribution >= 4 is 0 Å². The molecule has 0 amide bonds. The molecule has 0 aliphatic carbocycles. The molecular formula is C9H16N4O. The summed E-state index contributed by atoms with van der Waals surface area (Å²) in [6.07, 6.45) is 2.30. The fourth-order valence-electron chi connectivity index (χ4n) is 1.80. The highest BCUT2D eigenvalue weighted by molar-refractivity contribution is 4.98. The number of likely N-dealkylation sites (tertiary alicyclic amines) is 1. The molecule has 5 nitrogen and oxygen atoms in total. The van der Waals surface area contributed by atoms with Crippen molar-refractivity contribution in [3.05, 3.63) is 11.7 Å². The standard InChI is InChI=1S/C9H16N4O/c1-6(10)9-11-8(12-14-9)7-4-3-5-13(7)2/h6-7H,3-5,10H2,1-2H3. The summed E-state index contributed by atoms with van der Waals surface area (Å²) in [5.74, 6) is 1.30. The molecule has 1 saturated heterocycles. The first-order valence-corrected chi connectivity index (χ1v) is 4.98. The average molecular weight is 196 g/mol. The molecule has 78 valence electrons. The average Bonchev–Trinajstić information content (AvgIpc) is 2.71. The lowest BCUT2D eigenvalue weighted by atomic mass is 10.2. The van der Waals surface area contributed by atoms with Crippen molar-refractivity contribution in [2.45, 2.75) is 31.8 Å². The predicted octanol–water partition coefficient (Wildman–Crippen LogP) is 0.856. The van der Waals surface area contributed by atoms with Crippen molar-refractivity contribution in [3.63, 3.8) is 0 Å². The molecular weight excluding hydrogens is 180 g/mol. The zero-order valence-corrected chi connectivity index (χ0v) is 8.60. The van der Waals surface area contributed by atoms with Gasteiger partial charge < -0.3 is 10.3 Å². The van der Waals surface area contributed by atoms with E-state index in [0.29, 0.717) is 11.9 Å². The molecule has 0 aromatic carbocycles. The van der Waals surface area contributed by atoms with E-state index in [2.05, 4.69) is 22.1 Å². The second-order valence-corrected chi connectivity index (χ2v) is 3.92. The van der Waals surface area contributed by atoms with Crippen LogP contribution >= 0.6 is 0 Å². The minimum atomic E-state index is -0.178. The molecule has 0 radical (unpaired) electrons. The van der Waals surface area contributed by atoms with E-state index in [9.17, 15) is 0 Å². The van der Waals surface area contributed by atoms with Gasteiger partial charge in [-0.05, 0) is 33.4 Å². The van der Waals surface area contributed by atoms with Crippen LogP contribution in [0.5, 0.6) is 0 Å². The predicted molar refractivity (Wildman–Crippen MR) is 51.5 cm³/mol. The van der Waals surface area contributed by atoms with E-state index in [1.807, 2.05) is 6.92 Å². The molecule has 5 heteroatoms. The van der Waals surface area contributed by atoms with Gasteiger partial charge in [0.15, 0.2) is 5.82 Å². The largest absolute Gasteiger partial charge is 0.338 e. The summed E-state index contributed by atoms with van der Waals surface area (Å²) in [5, 5.41) is 3.96. The van der Waals surface area contributed by atoms with E-state index in [1.165, 1.54) is 6.42 Å². The van der Waals surface area contributed by atoms with E-state index < -0.39 is 0 Å². The molecule has 0 bridgehead atoms. The molecule has 0 spiro atoms. The molecule has 1 aliphatic rings.